The molecule has 0 radical (unpaired) electrons. The maximum absolute atomic E-state index is 13.9. The van der Waals surface area contributed by atoms with Gasteiger partial charge in [0.25, 0.3) is 5.91 Å². The van der Waals surface area contributed by atoms with Gasteiger partial charge in [0, 0.05) is 29.9 Å². The molecule has 2 aliphatic carbocycles. The van der Waals surface area contributed by atoms with Gasteiger partial charge >= 0.3 is 6.09 Å². The second-order valence-electron chi connectivity index (χ2n) is 13.1. The van der Waals surface area contributed by atoms with Crippen LogP contribution in [0.15, 0.2) is 35.2 Å². The lowest BCUT2D eigenvalue weighted by Crippen LogP contribution is -2.57. The molecule has 4 rings (SSSR count). The maximum Gasteiger partial charge on any atom is 0.408 e. The highest BCUT2D eigenvalue weighted by molar-refractivity contribution is 7.92. The normalized spacial score (nSPS) is 25.0. The van der Waals surface area contributed by atoms with Crippen molar-refractivity contribution in [3.05, 3.63) is 58.4 Å². The van der Waals surface area contributed by atoms with Crippen molar-refractivity contribution in [1.82, 2.24) is 10.6 Å². The molecule has 6 atom stereocenters. The molecule has 0 aliphatic heterocycles. The predicted octanol–water partition coefficient (Wildman–Crippen LogP) is 4.98. The van der Waals surface area contributed by atoms with E-state index in [9.17, 15) is 41.1 Å². The highest BCUT2D eigenvalue weighted by atomic mass is 35.5. The van der Waals surface area contributed by atoms with Gasteiger partial charge in [0.15, 0.2) is 27.3 Å². The van der Waals surface area contributed by atoms with Crippen LogP contribution in [0.2, 0.25) is 5.02 Å². The number of hydrogen-bond donors (Lipinski definition) is 4. The van der Waals surface area contributed by atoms with E-state index in [0.29, 0.717) is 18.6 Å². The second-order valence-corrected chi connectivity index (χ2v) is 15.7. The number of sulfone groups is 1. The summed E-state index contributed by atoms with van der Waals surface area (Å²) in [4.78, 5) is 37.3. The zero-order valence-corrected chi connectivity index (χ0v) is 27.5. The largest absolute Gasteiger partial charge is 0.444 e. The van der Waals surface area contributed by atoms with Crippen LogP contribution in [0.1, 0.15) is 64.2 Å². The van der Waals surface area contributed by atoms with Crippen LogP contribution in [-0.2, 0) is 19.4 Å². The van der Waals surface area contributed by atoms with Gasteiger partial charge in [-0.15, -0.1) is 0 Å². The summed E-state index contributed by atoms with van der Waals surface area (Å²) in [7, 11) is -4.15. The summed E-state index contributed by atoms with van der Waals surface area (Å²) >= 11 is 6.29. The third-order valence-electron chi connectivity index (χ3n) is 8.61. The molecule has 2 bridgehead atoms. The third kappa shape index (κ3) is 7.44. The molecule has 0 aromatic heterocycles. The molecule has 2 aliphatic rings. The number of rotatable bonds is 8. The van der Waals surface area contributed by atoms with E-state index in [-0.39, 0.29) is 46.5 Å². The molecule has 2 unspecified atom stereocenters. The van der Waals surface area contributed by atoms with Crippen molar-refractivity contribution in [2.24, 2.45) is 17.8 Å². The molecular formula is C31H37ClF3N3O7S. The molecule has 3 amide bonds. The minimum atomic E-state index is -4.15. The number of fused-ring (bicyclic) bond motifs is 2. The SMILES string of the molecule is C[C@H](NC(=O)OC(C)(C)C)C(=O)NC[C@@]1(O)C2C[C@@H](S(=O)(=O)c3cc(C(=O)Nc4cc(F)c(F)c(F)c4)ccc3Cl)CC1[C@@H](C)C2. The minimum Gasteiger partial charge on any atom is -0.444 e. The monoisotopic (exact) mass is 687 g/mol. The highest BCUT2D eigenvalue weighted by Crippen LogP contribution is 2.54. The number of carbonyl (C=O) groups is 3. The summed E-state index contributed by atoms with van der Waals surface area (Å²) in [6, 6.07) is 3.73. The lowest BCUT2D eigenvalue weighted by Gasteiger charge is -2.43. The number of anilines is 1. The topological polar surface area (TPSA) is 151 Å². The number of alkyl carbamates (subject to hydrolysis) is 1. The van der Waals surface area contributed by atoms with Crippen molar-refractivity contribution in [3.8, 4) is 0 Å². The average Bonchev–Trinajstić information content (AvgIpc) is 3.05. The van der Waals surface area contributed by atoms with E-state index >= 15 is 0 Å². The highest BCUT2D eigenvalue weighted by Gasteiger charge is 2.58. The van der Waals surface area contributed by atoms with Crippen molar-refractivity contribution < 1.29 is 45.8 Å². The molecule has 0 saturated heterocycles. The van der Waals surface area contributed by atoms with Gasteiger partial charge in [0.2, 0.25) is 5.91 Å². The van der Waals surface area contributed by atoms with Gasteiger partial charge < -0.3 is 25.8 Å². The molecule has 252 valence electrons. The predicted molar refractivity (Wildman–Crippen MR) is 163 cm³/mol. The Morgan fingerprint density at radius 2 is 1.72 bits per heavy atom. The summed E-state index contributed by atoms with van der Waals surface area (Å²) < 4.78 is 73.5. The molecule has 0 heterocycles. The number of benzene rings is 2. The summed E-state index contributed by atoms with van der Waals surface area (Å²) in [6.45, 7) is 8.27. The molecule has 15 heteroatoms. The van der Waals surface area contributed by atoms with Crippen molar-refractivity contribution in [1.29, 1.82) is 0 Å². The first-order valence-electron chi connectivity index (χ1n) is 14.7. The lowest BCUT2D eigenvalue weighted by molar-refractivity contribution is -0.126. The van der Waals surface area contributed by atoms with Gasteiger partial charge in [0.05, 0.1) is 20.8 Å². The van der Waals surface area contributed by atoms with Crippen LogP contribution < -0.4 is 16.0 Å². The quantitative estimate of drug-likeness (QED) is 0.286. The van der Waals surface area contributed by atoms with Crippen molar-refractivity contribution >= 4 is 45.0 Å². The summed E-state index contributed by atoms with van der Waals surface area (Å²) in [6.07, 6.45) is -0.150. The maximum atomic E-state index is 13.9. The van der Waals surface area contributed by atoms with Crippen molar-refractivity contribution in [3.63, 3.8) is 0 Å². The fourth-order valence-electron chi connectivity index (χ4n) is 6.38. The van der Waals surface area contributed by atoms with E-state index in [0.717, 1.165) is 6.07 Å². The fourth-order valence-corrected chi connectivity index (χ4v) is 8.76. The van der Waals surface area contributed by atoms with Gasteiger partial charge in [-0.05, 0) is 82.9 Å². The standard InChI is InChI=1S/C31H37ClF3N3O7S/c1-15-8-18-10-20(13-21(15)31(18,42)14-36-27(39)16(2)37-29(41)45-30(3,4)5)46(43,44)25-9-17(6-7-22(25)32)28(40)38-19-11-23(33)26(35)24(34)12-19/h6-7,9,11-12,15-16,18,20-21,42H,8,10,13-14H2,1-5H3,(H,36,39)(H,37,41)(H,38,40)/t15-,16-,18?,20+,21?,31+/m0/s1. The van der Waals surface area contributed by atoms with Crippen LogP contribution in [0.3, 0.4) is 0 Å². The van der Waals surface area contributed by atoms with Crippen molar-refractivity contribution in [2.75, 3.05) is 11.9 Å². The Bertz CT molecular complexity index is 1630. The van der Waals surface area contributed by atoms with Gasteiger partial charge in [-0.25, -0.2) is 26.4 Å². The van der Waals surface area contributed by atoms with Crippen LogP contribution in [0.25, 0.3) is 0 Å². The Morgan fingerprint density at radius 1 is 1.09 bits per heavy atom. The molecule has 2 aromatic rings. The molecule has 0 spiro atoms. The number of halogens is 4. The van der Waals surface area contributed by atoms with E-state index in [2.05, 4.69) is 16.0 Å². The van der Waals surface area contributed by atoms with Gasteiger partial charge in [-0.3, -0.25) is 9.59 Å². The first kappa shape index (κ1) is 35.5. The van der Waals surface area contributed by atoms with Crippen LogP contribution in [0.4, 0.5) is 23.7 Å². The zero-order chi connectivity index (χ0) is 34.4. The zero-order valence-electron chi connectivity index (χ0n) is 25.9. The van der Waals surface area contributed by atoms with E-state index in [1.165, 1.54) is 19.1 Å². The van der Waals surface area contributed by atoms with Crippen LogP contribution in [-0.4, -0.2) is 60.5 Å². The van der Waals surface area contributed by atoms with Gasteiger partial charge in [-0.1, -0.05) is 18.5 Å². The van der Waals surface area contributed by atoms with Crippen LogP contribution in [0.5, 0.6) is 0 Å². The van der Waals surface area contributed by atoms with E-state index in [4.69, 9.17) is 16.3 Å². The smallest absolute Gasteiger partial charge is 0.408 e. The Morgan fingerprint density at radius 3 is 2.30 bits per heavy atom. The number of nitrogens with one attached hydrogen (secondary N) is 3. The number of aliphatic hydroxyl groups is 1. The first-order chi connectivity index (χ1) is 21.2. The van der Waals surface area contributed by atoms with E-state index in [1.807, 2.05) is 6.92 Å². The number of hydrogen-bond acceptors (Lipinski definition) is 7. The van der Waals surface area contributed by atoms with E-state index in [1.54, 1.807) is 20.8 Å². The van der Waals surface area contributed by atoms with Crippen LogP contribution in [0, 0.1) is 35.2 Å². The molecular weight excluding hydrogens is 651 g/mol. The first-order valence-corrected chi connectivity index (χ1v) is 16.6. The molecule has 2 aromatic carbocycles. The summed E-state index contributed by atoms with van der Waals surface area (Å²) in [5.41, 5.74) is -2.71. The summed E-state index contributed by atoms with van der Waals surface area (Å²) in [5, 5.41) is 18.0. The summed E-state index contributed by atoms with van der Waals surface area (Å²) in [5.74, 6) is -7.26. The Kier molecular flexibility index (Phi) is 10.1. The second kappa shape index (κ2) is 13.0. The third-order valence-corrected chi connectivity index (χ3v) is 11.3. The van der Waals surface area contributed by atoms with Gasteiger partial charge in [-0.2, -0.15) is 0 Å². The Hall–Kier alpha value is -3.36. The van der Waals surface area contributed by atoms with E-state index < -0.39 is 79.5 Å². The van der Waals surface area contributed by atoms with Crippen molar-refractivity contribution in [2.45, 2.75) is 81.3 Å². The fraction of sp³-hybridized carbons (Fsp3) is 0.516. The van der Waals surface area contributed by atoms with Crippen LogP contribution >= 0.6 is 11.6 Å². The Balaban J connectivity index is 1.47. The lowest BCUT2D eigenvalue weighted by atomic mass is 9.73. The molecule has 4 N–H and O–H groups in total. The molecule has 2 fully saturated rings. The molecule has 46 heavy (non-hydrogen) atoms. The average molecular weight is 688 g/mol. The van der Waals surface area contributed by atoms with Gasteiger partial charge in [0.1, 0.15) is 11.6 Å². The molecule has 2 saturated carbocycles. The molecule has 10 nitrogen and oxygen atoms in total. The minimum absolute atomic E-state index is 0.0545. The number of ether oxygens (including phenoxy) is 1. The number of amides is 3. The number of carbonyl (C=O) groups excluding carboxylic acids is 3. The Labute approximate surface area is 270 Å².